The van der Waals surface area contributed by atoms with Crippen LogP contribution in [0.5, 0.6) is 0 Å². The number of fused-ring (bicyclic) bond motifs is 1. The number of nitrogens with zero attached hydrogens (tertiary/aromatic N) is 2. The second-order valence-electron chi connectivity index (χ2n) is 7.19. The number of carbonyl (C=O) groups excluding carboxylic acids is 2. The van der Waals surface area contributed by atoms with Crippen LogP contribution < -0.4 is 27.8 Å². The number of nitrogens with one attached hydrogen (secondary N) is 3. The normalized spacial score (nSPS) is 12.3. The van der Waals surface area contributed by atoms with Crippen molar-refractivity contribution in [2.45, 2.75) is 25.8 Å². The molecule has 9 N–H and O–H groups in total. The summed E-state index contributed by atoms with van der Waals surface area (Å²) in [7, 11) is 0. The van der Waals surface area contributed by atoms with Crippen LogP contribution in [0.1, 0.15) is 29.4 Å². The highest BCUT2D eigenvalue weighted by Crippen LogP contribution is 2.21. The van der Waals surface area contributed by atoms with Gasteiger partial charge in [-0.2, -0.15) is 0 Å². The number of amides is 2. The van der Waals surface area contributed by atoms with Crippen LogP contribution in [0.25, 0.3) is 10.9 Å². The lowest BCUT2D eigenvalue weighted by atomic mass is 10.0. The quantitative estimate of drug-likeness (QED) is 0.209. The number of hydrogen-bond donors (Lipinski definition) is 6. The van der Waals surface area contributed by atoms with Crippen LogP contribution >= 0.6 is 12.2 Å². The van der Waals surface area contributed by atoms with Crippen LogP contribution in [0.4, 0.5) is 11.6 Å². The number of rotatable bonds is 9. The molecular formula is C21H24N8O2S. The number of aromatic amines is 1. The highest BCUT2D eigenvalue weighted by Gasteiger charge is 2.19. The molecule has 0 bridgehead atoms. The molecule has 3 aromatic rings. The number of aromatic nitrogens is 3. The number of nitrogens with two attached hydrogens (primary N) is 3. The molecule has 1 aromatic carbocycles. The van der Waals surface area contributed by atoms with Crippen LogP contribution in [-0.4, -0.2) is 37.8 Å². The van der Waals surface area contributed by atoms with Crippen LogP contribution in [0.2, 0.25) is 0 Å². The summed E-state index contributed by atoms with van der Waals surface area (Å²) < 4.78 is 0. The van der Waals surface area contributed by atoms with Crippen LogP contribution in [0.3, 0.4) is 0 Å². The van der Waals surface area contributed by atoms with Gasteiger partial charge >= 0.3 is 0 Å². The highest BCUT2D eigenvalue weighted by atomic mass is 32.1. The summed E-state index contributed by atoms with van der Waals surface area (Å²) in [5.41, 5.74) is 19.1. The fourth-order valence-electron chi connectivity index (χ4n) is 3.19. The van der Waals surface area contributed by atoms with Crippen molar-refractivity contribution in [2.75, 3.05) is 10.6 Å². The minimum absolute atomic E-state index is 0.0462. The van der Waals surface area contributed by atoms with Crippen molar-refractivity contribution in [1.82, 2.24) is 15.0 Å². The maximum absolute atomic E-state index is 12.1. The number of allylic oxidation sites excluding steroid dienone is 1. The molecule has 0 saturated carbocycles. The van der Waals surface area contributed by atoms with Gasteiger partial charge in [-0.1, -0.05) is 30.4 Å². The first kappa shape index (κ1) is 22.7. The van der Waals surface area contributed by atoms with E-state index >= 15 is 0 Å². The van der Waals surface area contributed by atoms with Gasteiger partial charge in [-0.3, -0.25) is 9.59 Å². The summed E-state index contributed by atoms with van der Waals surface area (Å²) in [6.45, 7) is 1.66. The number of aryl methyl sites for hydroxylation is 1. The van der Waals surface area contributed by atoms with E-state index in [1.807, 2.05) is 30.5 Å². The Kier molecular flexibility index (Phi) is 7.00. The van der Waals surface area contributed by atoms with Crippen molar-refractivity contribution >= 4 is 51.6 Å². The summed E-state index contributed by atoms with van der Waals surface area (Å²) >= 11 is 5.17. The fourth-order valence-corrected chi connectivity index (χ4v) is 3.47. The molecule has 2 amide bonds. The molecule has 0 spiro atoms. The van der Waals surface area contributed by atoms with Gasteiger partial charge in [0, 0.05) is 22.8 Å². The minimum atomic E-state index is -0.784. The maximum atomic E-state index is 12.1. The van der Waals surface area contributed by atoms with Crippen molar-refractivity contribution in [1.29, 1.82) is 0 Å². The molecule has 166 valence electrons. The van der Waals surface area contributed by atoms with E-state index in [0.717, 1.165) is 16.5 Å². The molecule has 0 unspecified atom stereocenters. The third-order valence-electron chi connectivity index (χ3n) is 4.65. The molecule has 1 atom stereocenters. The van der Waals surface area contributed by atoms with Gasteiger partial charge in [0.1, 0.15) is 16.8 Å². The number of primary amides is 2. The predicted molar refractivity (Wildman–Crippen MR) is 128 cm³/mol. The molecule has 0 saturated heterocycles. The first-order valence-corrected chi connectivity index (χ1v) is 10.2. The van der Waals surface area contributed by atoms with E-state index in [-0.39, 0.29) is 22.3 Å². The summed E-state index contributed by atoms with van der Waals surface area (Å²) in [6, 6.07) is 7.19. The molecule has 32 heavy (non-hydrogen) atoms. The van der Waals surface area contributed by atoms with Crippen LogP contribution in [0.15, 0.2) is 48.4 Å². The lowest BCUT2D eigenvalue weighted by Crippen LogP contribution is -2.36. The van der Waals surface area contributed by atoms with Gasteiger partial charge in [-0.05, 0) is 37.5 Å². The van der Waals surface area contributed by atoms with Gasteiger partial charge in [0.25, 0.3) is 5.91 Å². The molecular weight excluding hydrogens is 428 g/mol. The van der Waals surface area contributed by atoms with Crippen LogP contribution in [0, 0.1) is 0 Å². The van der Waals surface area contributed by atoms with E-state index in [1.165, 1.54) is 12.3 Å². The Labute approximate surface area is 189 Å². The Morgan fingerprint density at radius 3 is 2.69 bits per heavy atom. The molecule has 3 rings (SSSR count). The Balaban J connectivity index is 1.78. The Morgan fingerprint density at radius 1 is 1.25 bits per heavy atom. The number of H-pyrrole nitrogens is 1. The van der Waals surface area contributed by atoms with Gasteiger partial charge in [0.15, 0.2) is 11.5 Å². The molecule has 0 aliphatic rings. The third-order valence-corrected chi connectivity index (χ3v) is 4.87. The number of hydrogen-bond acceptors (Lipinski definition) is 7. The molecule has 0 aliphatic heterocycles. The number of para-hydroxylation sites is 1. The average Bonchev–Trinajstić information content (AvgIpc) is 3.13. The van der Waals surface area contributed by atoms with E-state index in [1.54, 1.807) is 6.92 Å². The van der Waals surface area contributed by atoms with E-state index in [9.17, 15) is 9.59 Å². The van der Waals surface area contributed by atoms with Gasteiger partial charge in [-0.15, -0.1) is 0 Å². The Morgan fingerprint density at radius 2 is 2.00 bits per heavy atom. The maximum Gasteiger partial charge on any atom is 0.271 e. The second-order valence-corrected chi connectivity index (χ2v) is 7.63. The van der Waals surface area contributed by atoms with Gasteiger partial charge in [0.2, 0.25) is 5.91 Å². The molecule has 11 heteroatoms. The Hall–Kier alpha value is -3.99. The average molecular weight is 453 g/mol. The highest BCUT2D eigenvalue weighted by molar-refractivity contribution is 7.81. The summed E-state index contributed by atoms with van der Waals surface area (Å²) in [5.74, 6) is -1.05. The number of anilines is 2. The van der Waals surface area contributed by atoms with E-state index < -0.39 is 17.9 Å². The summed E-state index contributed by atoms with van der Waals surface area (Å²) in [5, 5.41) is 6.84. The molecule has 2 aromatic heterocycles. The van der Waals surface area contributed by atoms with Crippen molar-refractivity contribution in [3.8, 4) is 0 Å². The van der Waals surface area contributed by atoms with Gasteiger partial charge in [-0.25, -0.2) is 9.97 Å². The lowest BCUT2D eigenvalue weighted by Gasteiger charge is -2.17. The van der Waals surface area contributed by atoms with Crippen molar-refractivity contribution in [3.63, 3.8) is 0 Å². The van der Waals surface area contributed by atoms with E-state index in [0.29, 0.717) is 18.5 Å². The second kappa shape index (κ2) is 9.88. The van der Waals surface area contributed by atoms with E-state index in [4.69, 9.17) is 29.4 Å². The van der Waals surface area contributed by atoms with Crippen molar-refractivity contribution in [2.24, 2.45) is 17.2 Å². The van der Waals surface area contributed by atoms with Crippen LogP contribution in [-0.2, 0) is 11.2 Å². The molecule has 2 heterocycles. The Bertz CT molecular complexity index is 1200. The minimum Gasteiger partial charge on any atom is -0.402 e. The molecule has 0 aliphatic carbocycles. The van der Waals surface area contributed by atoms with Crippen molar-refractivity contribution in [3.05, 3.63) is 59.7 Å². The largest absolute Gasteiger partial charge is 0.402 e. The predicted octanol–water partition coefficient (Wildman–Crippen LogP) is 1.56. The first-order valence-electron chi connectivity index (χ1n) is 9.77. The topological polar surface area (TPSA) is 178 Å². The third kappa shape index (κ3) is 5.58. The number of benzene rings is 1. The van der Waals surface area contributed by atoms with E-state index in [2.05, 4.69) is 25.6 Å². The first-order chi connectivity index (χ1) is 15.2. The SMILES string of the molecule is C/C(N)=C/C(=S)Nc1nc(N[C@H](CCc2c[nH]c3ccccc23)C(N)=O)cnc1C(N)=O. The molecule has 0 radical (unpaired) electrons. The number of thiocarbonyl (C=S) groups is 1. The smallest absolute Gasteiger partial charge is 0.271 e. The standard InChI is InChI=1S/C21H24N8O2S/c1-11(22)8-17(32)29-21-18(20(24)31)26-10-16(28-21)27-15(19(23)30)7-6-12-9-25-14-5-3-2-4-13(12)14/h2-5,8-10,15,25H,6-7,22H2,1H3,(H2,23,30)(H2,24,31)(H2,27,28,29,32)/b11-8-/t15-/m1/s1. The molecule has 0 fully saturated rings. The number of carbonyl (C=O) groups is 2. The van der Waals surface area contributed by atoms with Gasteiger partial charge in [0.05, 0.1) is 6.20 Å². The fraction of sp³-hybridized carbons (Fsp3) is 0.190. The zero-order valence-electron chi connectivity index (χ0n) is 17.4. The van der Waals surface area contributed by atoms with Gasteiger partial charge < -0.3 is 32.8 Å². The van der Waals surface area contributed by atoms with Crippen molar-refractivity contribution < 1.29 is 9.59 Å². The summed E-state index contributed by atoms with van der Waals surface area (Å²) in [6.07, 6.45) is 5.75. The molecule has 10 nitrogen and oxygen atoms in total. The zero-order valence-corrected chi connectivity index (χ0v) is 18.2. The lowest BCUT2D eigenvalue weighted by molar-refractivity contribution is -0.118. The summed E-state index contributed by atoms with van der Waals surface area (Å²) in [4.78, 5) is 35.5. The monoisotopic (exact) mass is 452 g/mol. The zero-order chi connectivity index (χ0) is 23.3.